The lowest BCUT2D eigenvalue weighted by atomic mass is 10.2. The lowest BCUT2D eigenvalue weighted by molar-refractivity contribution is 0.120. The van der Waals surface area contributed by atoms with E-state index < -0.39 is 0 Å². The number of nitrogens with one attached hydrogen (secondary N) is 2. The molecule has 0 aliphatic carbocycles. The molecule has 2 heterocycles. The standard InChI is InChI=1S/C16H18Cl2N4O/c1-10-5-15(19-9-14-3-2-4-23-14)22-16(20-10)21-13-7-11(17)6-12(18)8-13/h5-8,14H,2-4,9H2,1H3,(H2,19,20,21,22). The van der Waals surface area contributed by atoms with Gasteiger partial charge in [0, 0.05) is 40.6 Å². The Bertz CT molecular complexity index is 670. The van der Waals surface area contributed by atoms with Crippen LogP contribution in [-0.4, -0.2) is 29.2 Å². The van der Waals surface area contributed by atoms with E-state index in [2.05, 4.69) is 20.6 Å². The number of aryl methyl sites for hydroxylation is 1. The minimum absolute atomic E-state index is 0.258. The fourth-order valence-electron chi connectivity index (χ4n) is 2.49. The first-order valence-electron chi connectivity index (χ1n) is 7.53. The Balaban J connectivity index is 1.71. The molecule has 0 spiro atoms. The van der Waals surface area contributed by atoms with E-state index in [1.807, 2.05) is 13.0 Å². The van der Waals surface area contributed by atoms with Gasteiger partial charge in [0.15, 0.2) is 0 Å². The van der Waals surface area contributed by atoms with Gasteiger partial charge in [-0.1, -0.05) is 23.2 Å². The van der Waals surface area contributed by atoms with E-state index in [0.29, 0.717) is 16.0 Å². The van der Waals surface area contributed by atoms with Crippen LogP contribution in [0.5, 0.6) is 0 Å². The number of anilines is 3. The summed E-state index contributed by atoms with van der Waals surface area (Å²) in [6, 6.07) is 7.14. The van der Waals surface area contributed by atoms with Gasteiger partial charge in [0.1, 0.15) is 5.82 Å². The van der Waals surface area contributed by atoms with E-state index in [9.17, 15) is 0 Å². The maximum Gasteiger partial charge on any atom is 0.229 e. The van der Waals surface area contributed by atoms with Crippen molar-refractivity contribution in [2.45, 2.75) is 25.9 Å². The number of nitrogens with zero attached hydrogens (tertiary/aromatic N) is 2. The van der Waals surface area contributed by atoms with E-state index >= 15 is 0 Å². The van der Waals surface area contributed by atoms with Gasteiger partial charge in [0.05, 0.1) is 6.10 Å². The van der Waals surface area contributed by atoms with Crippen molar-refractivity contribution in [3.05, 3.63) is 40.0 Å². The Hall–Kier alpha value is -1.56. The first-order chi connectivity index (χ1) is 11.1. The van der Waals surface area contributed by atoms with Gasteiger partial charge in [-0.05, 0) is 38.0 Å². The number of ether oxygens (including phenoxy) is 1. The largest absolute Gasteiger partial charge is 0.376 e. The van der Waals surface area contributed by atoms with Gasteiger partial charge in [-0.3, -0.25) is 0 Å². The zero-order chi connectivity index (χ0) is 16.2. The number of aromatic nitrogens is 2. The Morgan fingerprint density at radius 1 is 1.17 bits per heavy atom. The summed E-state index contributed by atoms with van der Waals surface area (Å²) >= 11 is 12.0. The average Bonchev–Trinajstić information content (AvgIpc) is 2.96. The van der Waals surface area contributed by atoms with Crippen LogP contribution >= 0.6 is 23.2 Å². The predicted molar refractivity (Wildman–Crippen MR) is 94.0 cm³/mol. The van der Waals surface area contributed by atoms with Crippen LogP contribution in [-0.2, 0) is 4.74 Å². The summed E-state index contributed by atoms with van der Waals surface area (Å²) in [6.07, 6.45) is 2.47. The normalized spacial score (nSPS) is 17.3. The highest BCUT2D eigenvalue weighted by Gasteiger charge is 2.15. The van der Waals surface area contributed by atoms with Crippen molar-refractivity contribution < 1.29 is 4.74 Å². The fourth-order valence-corrected chi connectivity index (χ4v) is 3.02. The second-order valence-electron chi connectivity index (χ2n) is 5.52. The van der Waals surface area contributed by atoms with Crippen LogP contribution in [0.15, 0.2) is 24.3 Å². The lowest BCUT2D eigenvalue weighted by Gasteiger charge is -2.13. The van der Waals surface area contributed by atoms with E-state index in [-0.39, 0.29) is 6.10 Å². The molecule has 5 nitrogen and oxygen atoms in total. The minimum Gasteiger partial charge on any atom is -0.376 e. The first kappa shape index (κ1) is 16.3. The Labute approximate surface area is 145 Å². The van der Waals surface area contributed by atoms with Crippen molar-refractivity contribution >= 4 is 40.7 Å². The van der Waals surface area contributed by atoms with Crippen LogP contribution < -0.4 is 10.6 Å². The van der Waals surface area contributed by atoms with E-state index in [1.165, 1.54) is 0 Å². The van der Waals surface area contributed by atoms with Crippen LogP contribution in [0.4, 0.5) is 17.5 Å². The van der Waals surface area contributed by atoms with Crippen LogP contribution in [0, 0.1) is 6.92 Å². The molecular formula is C16H18Cl2N4O. The maximum absolute atomic E-state index is 6.01. The molecule has 3 rings (SSSR count). The molecule has 1 saturated heterocycles. The number of hydrogen-bond donors (Lipinski definition) is 2. The molecule has 1 unspecified atom stereocenters. The van der Waals surface area contributed by atoms with E-state index in [1.54, 1.807) is 18.2 Å². The molecule has 0 radical (unpaired) electrons. The molecule has 1 aromatic heterocycles. The van der Waals surface area contributed by atoms with Crippen LogP contribution in [0.25, 0.3) is 0 Å². The highest BCUT2D eigenvalue weighted by atomic mass is 35.5. The van der Waals surface area contributed by atoms with Gasteiger partial charge in [0.25, 0.3) is 0 Å². The summed E-state index contributed by atoms with van der Waals surface area (Å²) in [7, 11) is 0. The quantitative estimate of drug-likeness (QED) is 0.833. The van der Waals surface area contributed by atoms with Gasteiger partial charge < -0.3 is 15.4 Å². The number of hydrogen-bond acceptors (Lipinski definition) is 5. The van der Waals surface area contributed by atoms with Crippen LogP contribution in [0.1, 0.15) is 18.5 Å². The third kappa shape index (κ3) is 4.70. The summed E-state index contributed by atoms with van der Waals surface area (Å²) in [6.45, 7) is 3.52. The van der Waals surface area contributed by atoms with Crippen molar-refractivity contribution in [1.82, 2.24) is 9.97 Å². The summed E-state index contributed by atoms with van der Waals surface area (Å²) in [4.78, 5) is 8.86. The summed E-state index contributed by atoms with van der Waals surface area (Å²) in [5.41, 5.74) is 1.61. The van der Waals surface area contributed by atoms with Crippen molar-refractivity contribution in [3.63, 3.8) is 0 Å². The number of rotatable bonds is 5. The van der Waals surface area contributed by atoms with Crippen LogP contribution in [0.3, 0.4) is 0 Å². The highest BCUT2D eigenvalue weighted by molar-refractivity contribution is 6.35. The zero-order valence-electron chi connectivity index (χ0n) is 12.8. The molecule has 1 aromatic carbocycles. The van der Waals surface area contributed by atoms with Gasteiger partial charge in [-0.15, -0.1) is 0 Å². The molecule has 1 fully saturated rings. The molecule has 0 bridgehead atoms. The molecule has 2 aromatic rings. The predicted octanol–water partition coefficient (Wildman–Crippen LogP) is 4.43. The summed E-state index contributed by atoms with van der Waals surface area (Å²) in [5, 5.41) is 7.56. The van der Waals surface area contributed by atoms with Crippen LogP contribution in [0.2, 0.25) is 10.0 Å². The van der Waals surface area contributed by atoms with Gasteiger partial charge in [-0.25, -0.2) is 4.98 Å². The van der Waals surface area contributed by atoms with E-state index in [0.717, 1.165) is 43.2 Å². The molecule has 2 N–H and O–H groups in total. The topological polar surface area (TPSA) is 59.1 Å². The molecule has 1 aliphatic rings. The number of halogens is 2. The monoisotopic (exact) mass is 352 g/mol. The Morgan fingerprint density at radius 2 is 1.96 bits per heavy atom. The van der Waals surface area contributed by atoms with E-state index in [4.69, 9.17) is 27.9 Å². The average molecular weight is 353 g/mol. The van der Waals surface area contributed by atoms with Crippen molar-refractivity contribution in [1.29, 1.82) is 0 Å². The summed E-state index contributed by atoms with van der Waals surface area (Å²) in [5.74, 6) is 1.27. The van der Waals surface area contributed by atoms with Crippen molar-refractivity contribution in [3.8, 4) is 0 Å². The van der Waals surface area contributed by atoms with Gasteiger partial charge in [-0.2, -0.15) is 4.98 Å². The zero-order valence-corrected chi connectivity index (χ0v) is 14.3. The molecular weight excluding hydrogens is 335 g/mol. The molecule has 0 saturated carbocycles. The Kier molecular flexibility index (Phi) is 5.20. The molecule has 23 heavy (non-hydrogen) atoms. The molecule has 1 aliphatic heterocycles. The highest BCUT2D eigenvalue weighted by Crippen LogP contribution is 2.24. The summed E-state index contributed by atoms with van der Waals surface area (Å²) < 4.78 is 5.61. The van der Waals surface area contributed by atoms with Gasteiger partial charge in [0.2, 0.25) is 5.95 Å². The SMILES string of the molecule is Cc1cc(NCC2CCCO2)nc(Nc2cc(Cl)cc(Cl)c2)n1. The first-order valence-corrected chi connectivity index (χ1v) is 8.28. The second-order valence-corrected chi connectivity index (χ2v) is 6.39. The molecule has 122 valence electrons. The minimum atomic E-state index is 0.258. The third-order valence-corrected chi connectivity index (χ3v) is 3.94. The number of benzene rings is 1. The van der Waals surface area contributed by atoms with Crippen molar-refractivity contribution in [2.75, 3.05) is 23.8 Å². The molecule has 7 heteroatoms. The van der Waals surface area contributed by atoms with Crippen molar-refractivity contribution in [2.24, 2.45) is 0 Å². The van der Waals surface area contributed by atoms with Gasteiger partial charge >= 0.3 is 0 Å². The maximum atomic E-state index is 6.01. The third-order valence-electron chi connectivity index (χ3n) is 3.51. The fraction of sp³-hybridized carbons (Fsp3) is 0.375. The molecule has 0 amide bonds. The molecule has 1 atom stereocenters. The second kappa shape index (κ2) is 7.34. The smallest absolute Gasteiger partial charge is 0.229 e. The lowest BCUT2D eigenvalue weighted by Crippen LogP contribution is -2.19. The Morgan fingerprint density at radius 3 is 2.65 bits per heavy atom.